The van der Waals surface area contributed by atoms with E-state index in [4.69, 9.17) is 10.00 Å². The zero-order valence-electron chi connectivity index (χ0n) is 12.8. The number of aromatic nitrogens is 1. The van der Waals surface area contributed by atoms with Crippen LogP contribution in [-0.2, 0) is 10.0 Å². The van der Waals surface area contributed by atoms with Crippen molar-refractivity contribution in [3.05, 3.63) is 48.7 Å². The van der Waals surface area contributed by atoms with Crippen LogP contribution in [0.1, 0.15) is 6.42 Å². The van der Waals surface area contributed by atoms with Crippen molar-refractivity contribution in [3.63, 3.8) is 0 Å². The van der Waals surface area contributed by atoms with Crippen LogP contribution in [0, 0.1) is 11.5 Å². The Balaban J connectivity index is 1.67. The number of ether oxygens (including phenoxy) is 1. The second-order valence-electron chi connectivity index (χ2n) is 5.40. The van der Waals surface area contributed by atoms with Crippen LogP contribution < -0.4 is 9.46 Å². The fourth-order valence-electron chi connectivity index (χ4n) is 2.43. The van der Waals surface area contributed by atoms with Gasteiger partial charge in [-0.2, -0.15) is 5.26 Å². The van der Waals surface area contributed by atoms with E-state index in [1.165, 1.54) is 23.2 Å². The first kappa shape index (κ1) is 16.2. The first-order valence-corrected chi connectivity index (χ1v) is 8.91. The molecule has 1 N–H and O–H groups in total. The molecule has 1 atom stereocenters. The maximum absolute atomic E-state index is 12.4. The number of rotatable bonds is 5. The lowest BCUT2D eigenvalue weighted by atomic mass is 10.3. The lowest BCUT2D eigenvalue weighted by Gasteiger charge is -2.13. The molecule has 1 aromatic heterocycles. The highest BCUT2D eigenvalue weighted by molar-refractivity contribution is 7.89. The average molecular weight is 344 g/mol. The molecule has 1 saturated heterocycles. The molecule has 8 heteroatoms. The molecule has 1 fully saturated rings. The predicted molar refractivity (Wildman–Crippen MR) is 86.7 cm³/mol. The Labute approximate surface area is 140 Å². The van der Waals surface area contributed by atoms with E-state index < -0.39 is 10.0 Å². The van der Waals surface area contributed by atoms with Crippen molar-refractivity contribution in [2.45, 2.75) is 17.4 Å². The highest BCUT2D eigenvalue weighted by Gasteiger charge is 2.27. The normalized spacial score (nSPS) is 17.5. The molecular weight excluding hydrogens is 328 g/mol. The Morgan fingerprint density at radius 1 is 1.25 bits per heavy atom. The van der Waals surface area contributed by atoms with Crippen LogP contribution in [0.5, 0.6) is 11.6 Å². The third-order valence-electron chi connectivity index (χ3n) is 3.64. The predicted octanol–water partition coefficient (Wildman–Crippen LogP) is 1.71. The Hall–Kier alpha value is -2.63. The van der Waals surface area contributed by atoms with Gasteiger partial charge in [0.15, 0.2) is 6.19 Å². The molecule has 0 saturated carbocycles. The SMILES string of the molecule is N#CN1CCC(NS(=O)(=O)c2ccc(Oc3ccccc3)nc2)C1. The van der Waals surface area contributed by atoms with Crippen LogP contribution in [0.25, 0.3) is 0 Å². The highest BCUT2D eigenvalue weighted by Crippen LogP contribution is 2.20. The number of hydrogen-bond donors (Lipinski definition) is 1. The number of nitriles is 1. The molecule has 0 amide bonds. The maximum atomic E-state index is 12.4. The van der Waals surface area contributed by atoms with Gasteiger partial charge >= 0.3 is 0 Å². The van der Waals surface area contributed by atoms with E-state index in [1.54, 1.807) is 12.1 Å². The lowest BCUT2D eigenvalue weighted by molar-refractivity contribution is 0.461. The van der Waals surface area contributed by atoms with Crippen LogP contribution in [0.4, 0.5) is 0 Å². The van der Waals surface area contributed by atoms with Gasteiger partial charge in [0.25, 0.3) is 0 Å². The number of benzene rings is 1. The Morgan fingerprint density at radius 2 is 2.04 bits per heavy atom. The van der Waals surface area contributed by atoms with Gasteiger partial charge in [-0.3, -0.25) is 0 Å². The largest absolute Gasteiger partial charge is 0.439 e. The number of para-hydroxylation sites is 1. The van der Waals surface area contributed by atoms with E-state index >= 15 is 0 Å². The first-order valence-electron chi connectivity index (χ1n) is 7.43. The van der Waals surface area contributed by atoms with Crippen LogP contribution >= 0.6 is 0 Å². The van der Waals surface area contributed by atoms with E-state index in [0.29, 0.717) is 31.1 Å². The summed E-state index contributed by atoms with van der Waals surface area (Å²) < 4.78 is 32.9. The van der Waals surface area contributed by atoms with Gasteiger partial charge in [0.05, 0.1) is 6.20 Å². The van der Waals surface area contributed by atoms with E-state index in [1.807, 2.05) is 24.4 Å². The molecule has 0 radical (unpaired) electrons. The molecule has 124 valence electrons. The van der Waals surface area contributed by atoms with Gasteiger partial charge in [-0.05, 0) is 24.6 Å². The van der Waals surface area contributed by atoms with E-state index in [9.17, 15) is 8.42 Å². The summed E-state index contributed by atoms with van der Waals surface area (Å²) in [7, 11) is -3.67. The van der Waals surface area contributed by atoms with Gasteiger partial charge in [0.1, 0.15) is 10.6 Å². The van der Waals surface area contributed by atoms with Gasteiger partial charge in [0.2, 0.25) is 15.9 Å². The lowest BCUT2D eigenvalue weighted by Crippen LogP contribution is -2.36. The van der Waals surface area contributed by atoms with Crippen molar-refractivity contribution in [3.8, 4) is 17.8 Å². The Kier molecular flexibility index (Phi) is 4.64. The summed E-state index contributed by atoms with van der Waals surface area (Å²) >= 11 is 0. The fraction of sp³-hybridized carbons (Fsp3) is 0.250. The van der Waals surface area contributed by atoms with Gasteiger partial charge in [-0.25, -0.2) is 18.1 Å². The van der Waals surface area contributed by atoms with E-state index in [-0.39, 0.29) is 10.9 Å². The number of sulfonamides is 1. The van der Waals surface area contributed by atoms with Crippen molar-refractivity contribution < 1.29 is 13.2 Å². The number of nitrogens with zero attached hydrogens (tertiary/aromatic N) is 3. The first-order chi connectivity index (χ1) is 11.6. The summed E-state index contributed by atoms with van der Waals surface area (Å²) in [6, 6.07) is 11.8. The minimum atomic E-state index is -3.67. The Morgan fingerprint density at radius 3 is 2.67 bits per heavy atom. The van der Waals surface area contributed by atoms with Crippen LogP contribution in [0.15, 0.2) is 53.6 Å². The van der Waals surface area contributed by atoms with Crippen molar-refractivity contribution in [2.75, 3.05) is 13.1 Å². The van der Waals surface area contributed by atoms with Gasteiger partial charge in [-0.15, -0.1) is 0 Å². The molecule has 1 aliphatic heterocycles. The average Bonchev–Trinajstić information content (AvgIpc) is 3.03. The number of nitrogens with one attached hydrogen (secondary N) is 1. The molecule has 2 heterocycles. The molecule has 0 bridgehead atoms. The smallest absolute Gasteiger partial charge is 0.242 e. The summed E-state index contributed by atoms with van der Waals surface area (Å²) in [5, 5.41) is 8.83. The standard InChI is InChI=1S/C16H16N4O3S/c17-12-20-9-8-13(11-20)19-24(21,22)15-6-7-16(18-10-15)23-14-4-2-1-3-5-14/h1-7,10,13,19H,8-9,11H2. The van der Waals surface area contributed by atoms with Crippen molar-refractivity contribution in [1.82, 2.24) is 14.6 Å². The molecule has 1 unspecified atom stereocenters. The minimum Gasteiger partial charge on any atom is -0.439 e. The zero-order chi connectivity index (χ0) is 17.0. The minimum absolute atomic E-state index is 0.0679. The van der Waals surface area contributed by atoms with Crippen molar-refractivity contribution in [1.29, 1.82) is 5.26 Å². The van der Waals surface area contributed by atoms with Crippen molar-refractivity contribution >= 4 is 10.0 Å². The molecule has 1 aliphatic rings. The van der Waals surface area contributed by atoms with E-state index in [0.717, 1.165) is 0 Å². The fourth-order valence-corrected chi connectivity index (χ4v) is 3.64. The summed E-state index contributed by atoms with van der Waals surface area (Å²) in [6.45, 7) is 0.949. The van der Waals surface area contributed by atoms with Gasteiger partial charge < -0.3 is 9.64 Å². The second kappa shape index (κ2) is 6.86. The number of likely N-dealkylation sites (tertiary alicyclic amines) is 1. The zero-order valence-corrected chi connectivity index (χ0v) is 13.6. The van der Waals surface area contributed by atoms with Crippen LogP contribution in [-0.4, -0.2) is 37.4 Å². The monoisotopic (exact) mass is 344 g/mol. The van der Waals surface area contributed by atoms with Crippen LogP contribution in [0.2, 0.25) is 0 Å². The third-order valence-corrected chi connectivity index (χ3v) is 5.14. The van der Waals surface area contributed by atoms with Crippen LogP contribution in [0.3, 0.4) is 0 Å². The summed E-state index contributed by atoms with van der Waals surface area (Å²) in [4.78, 5) is 5.64. The second-order valence-corrected chi connectivity index (χ2v) is 7.11. The summed E-state index contributed by atoms with van der Waals surface area (Å²) in [6.07, 6.45) is 3.89. The molecule has 0 spiro atoms. The van der Waals surface area contributed by atoms with Crippen molar-refractivity contribution in [2.24, 2.45) is 0 Å². The summed E-state index contributed by atoms with van der Waals surface area (Å²) in [5.74, 6) is 0.943. The Bertz CT molecular complexity index is 832. The highest BCUT2D eigenvalue weighted by atomic mass is 32.2. The molecule has 7 nitrogen and oxygen atoms in total. The quantitative estimate of drug-likeness (QED) is 0.830. The maximum Gasteiger partial charge on any atom is 0.242 e. The van der Waals surface area contributed by atoms with E-state index in [2.05, 4.69) is 9.71 Å². The number of pyridine rings is 1. The summed E-state index contributed by atoms with van der Waals surface area (Å²) in [5.41, 5.74) is 0. The number of hydrogen-bond acceptors (Lipinski definition) is 6. The molecule has 3 rings (SSSR count). The molecule has 1 aromatic carbocycles. The van der Waals surface area contributed by atoms with Gasteiger partial charge in [-0.1, -0.05) is 18.2 Å². The molecule has 2 aromatic rings. The molecular formula is C16H16N4O3S. The van der Waals surface area contributed by atoms with Gasteiger partial charge in [0, 0.05) is 25.2 Å². The third kappa shape index (κ3) is 3.82. The molecule has 0 aliphatic carbocycles. The topological polar surface area (TPSA) is 95.3 Å². The molecule has 24 heavy (non-hydrogen) atoms.